The Labute approximate surface area is 150 Å². The molecule has 25 heavy (non-hydrogen) atoms. The fraction of sp³-hybridized carbons (Fsp3) is 0.471. The first-order chi connectivity index (χ1) is 11.5. The molecular formula is C17H24N2O5S. The molecule has 7 nitrogen and oxygen atoms in total. The minimum atomic E-state index is -1.33. The Hall–Kier alpha value is -2.22. The van der Waals surface area contributed by atoms with Crippen molar-refractivity contribution in [3.05, 3.63) is 29.8 Å². The van der Waals surface area contributed by atoms with E-state index in [4.69, 9.17) is 4.74 Å². The molecule has 0 bridgehead atoms. The van der Waals surface area contributed by atoms with E-state index in [9.17, 15) is 18.6 Å². The van der Waals surface area contributed by atoms with Gasteiger partial charge in [-0.2, -0.15) is 0 Å². The van der Waals surface area contributed by atoms with Gasteiger partial charge in [0, 0.05) is 11.3 Å². The van der Waals surface area contributed by atoms with Crippen LogP contribution in [0.15, 0.2) is 29.2 Å². The number of hydrogen-bond acceptors (Lipinski definition) is 5. The molecule has 0 aliphatic heterocycles. The topological polar surface area (TPSA) is 102 Å². The molecule has 0 saturated heterocycles. The molecular weight excluding hydrogens is 344 g/mol. The summed E-state index contributed by atoms with van der Waals surface area (Å²) in [6, 6.07) is 5.69. The van der Waals surface area contributed by atoms with Crippen LogP contribution in [0, 0.1) is 0 Å². The molecule has 0 aromatic heterocycles. The van der Waals surface area contributed by atoms with Gasteiger partial charge in [-0.1, -0.05) is 19.1 Å². The van der Waals surface area contributed by atoms with Crippen LogP contribution in [0.3, 0.4) is 0 Å². The Morgan fingerprint density at radius 1 is 1.20 bits per heavy atom. The Kier molecular flexibility index (Phi) is 7.29. The summed E-state index contributed by atoms with van der Waals surface area (Å²) in [5.41, 5.74) is -0.366. The summed E-state index contributed by atoms with van der Waals surface area (Å²) in [5.74, 6) is -1.16. The average Bonchev–Trinajstić information content (AvgIpc) is 2.51. The molecule has 2 N–H and O–H groups in total. The molecule has 0 heterocycles. The average molecular weight is 368 g/mol. The van der Waals surface area contributed by atoms with Crippen LogP contribution in [0.4, 0.5) is 4.79 Å². The predicted molar refractivity (Wildman–Crippen MR) is 94.7 cm³/mol. The number of amides is 3. The van der Waals surface area contributed by atoms with Crippen LogP contribution in [0.1, 0.15) is 45.0 Å². The zero-order chi connectivity index (χ0) is 19.2. The number of hydrogen-bond donors (Lipinski definition) is 2. The van der Waals surface area contributed by atoms with Crippen molar-refractivity contribution < 1.29 is 23.3 Å². The van der Waals surface area contributed by atoms with Crippen LogP contribution < -0.4 is 10.6 Å². The largest absolute Gasteiger partial charge is 0.449 e. The van der Waals surface area contributed by atoms with Crippen LogP contribution >= 0.6 is 0 Å². The Morgan fingerprint density at radius 2 is 1.80 bits per heavy atom. The van der Waals surface area contributed by atoms with Crippen LogP contribution in [0.2, 0.25) is 0 Å². The van der Waals surface area contributed by atoms with Crippen molar-refractivity contribution in [3.8, 4) is 0 Å². The van der Waals surface area contributed by atoms with Crippen LogP contribution in [-0.2, 0) is 20.3 Å². The van der Waals surface area contributed by atoms with Crippen molar-refractivity contribution in [2.45, 2.75) is 51.2 Å². The molecule has 138 valence electrons. The summed E-state index contributed by atoms with van der Waals surface area (Å²) in [7, 11) is -1.33. The van der Waals surface area contributed by atoms with Crippen molar-refractivity contribution >= 4 is 28.7 Å². The maximum Gasteiger partial charge on any atom is 0.340 e. The van der Waals surface area contributed by atoms with Crippen molar-refractivity contribution in [2.75, 3.05) is 5.75 Å². The first-order valence-corrected chi connectivity index (χ1v) is 9.18. The highest BCUT2D eigenvalue weighted by atomic mass is 32.2. The van der Waals surface area contributed by atoms with E-state index >= 15 is 0 Å². The van der Waals surface area contributed by atoms with Crippen molar-refractivity contribution in [1.82, 2.24) is 10.6 Å². The molecule has 0 aliphatic carbocycles. The number of carbonyl (C=O) groups is 3. The lowest BCUT2D eigenvalue weighted by Crippen LogP contribution is -2.50. The second kappa shape index (κ2) is 8.75. The van der Waals surface area contributed by atoms with Gasteiger partial charge in [-0.25, -0.2) is 9.59 Å². The molecule has 2 atom stereocenters. The van der Waals surface area contributed by atoms with Gasteiger partial charge in [-0.3, -0.25) is 14.3 Å². The molecule has 0 unspecified atom stereocenters. The van der Waals surface area contributed by atoms with Crippen LogP contribution in [0.5, 0.6) is 0 Å². The molecule has 3 amide bonds. The highest BCUT2D eigenvalue weighted by molar-refractivity contribution is 7.85. The minimum Gasteiger partial charge on any atom is -0.449 e. The minimum absolute atomic E-state index is 0.140. The van der Waals surface area contributed by atoms with E-state index in [-0.39, 0.29) is 5.56 Å². The summed E-state index contributed by atoms with van der Waals surface area (Å²) in [5, 5.41) is 4.69. The fourth-order valence-corrected chi connectivity index (χ4v) is 2.79. The van der Waals surface area contributed by atoms with Gasteiger partial charge < -0.3 is 10.1 Å². The van der Waals surface area contributed by atoms with E-state index < -0.39 is 40.4 Å². The molecule has 1 aromatic carbocycles. The molecule has 1 rings (SSSR count). The third-order valence-electron chi connectivity index (χ3n) is 2.99. The summed E-state index contributed by atoms with van der Waals surface area (Å²) in [6.07, 6.45) is -1.18. The van der Waals surface area contributed by atoms with Gasteiger partial charge in [0.2, 0.25) is 0 Å². The van der Waals surface area contributed by atoms with Gasteiger partial charge >= 0.3 is 12.0 Å². The molecule has 8 heteroatoms. The second-order valence-electron chi connectivity index (χ2n) is 6.37. The number of urea groups is 1. The van der Waals surface area contributed by atoms with Crippen LogP contribution in [-0.4, -0.2) is 39.5 Å². The maximum atomic E-state index is 12.3. The van der Waals surface area contributed by atoms with Crippen molar-refractivity contribution in [1.29, 1.82) is 0 Å². The summed E-state index contributed by atoms with van der Waals surface area (Å²) in [6.45, 7) is 8.40. The lowest BCUT2D eigenvalue weighted by Gasteiger charge is -2.21. The van der Waals surface area contributed by atoms with Gasteiger partial charge in [0.25, 0.3) is 5.91 Å². The van der Waals surface area contributed by atoms with Gasteiger partial charge in [-0.15, -0.1) is 0 Å². The molecule has 0 saturated carbocycles. The van der Waals surface area contributed by atoms with Gasteiger partial charge in [0.1, 0.15) is 0 Å². The third-order valence-corrected chi connectivity index (χ3v) is 4.36. The van der Waals surface area contributed by atoms with E-state index in [1.54, 1.807) is 45.9 Å². The van der Waals surface area contributed by atoms with Gasteiger partial charge in [0.15, 0.2) is 6.10 Å². The lowest BCUT2D eigenvalue weighted by atomic mass is 10.1. The molecule has 0 fully saturated rings. The lowest BCUT2D eigenvalue weighted by molar-refractivity contribution is -0.127. The van der Waals surface area contributed by atoms with Gasteiger partial charge in [-0.05, 0) is 39.8 Å². The quantitative estimate of drug-likeness (QED) is 0.774. The van der Waals surface area contributed by atoms with E-state index in [0.29, 0.717) is 10.6 Å². The first kappa shape index (κ1) is 20.8. The summed E-state index contributed by atoms with van der Waals surface area (Å²) in [4.78, 5) is 36.3. The standard InChI is InChI=1S/C17H24N2O5S/c1-6-25(23)13-10-8-7-9-12(13)15(21)24-11(2)14(20)18-16(22)19-17(3,4)5/h7-11H,6H2,1-5H3,(H2,18,19,20,22)/t11-,25-/m1/s1. The smallest absolute Gasteiger partial charge is 0.340 e. The zero-order valence-corrected chi connectivity index (χ0v) is 15.9. The maximum absolute atomic E-state index is 12.3. The second-order valence-corrected chi connectivity index (χ2v) is 8.08. The molecule has 0 spiro atoms. The van der Waals surface area contributed by atoms with Crippen LogP contribution in [0.25, 0.3) is 0 Å². The molecule has 0 aliphatic rings. The Morgan fingerprint density at radius 3 is 2.36 bits per heavy atom. The SMILES string of the molecule is CC[S@@](=O)c1ccccc1C(=O)O[C@H](C)C(=O)NC(=O)NC(C)(C)C. The van der Waals surface area contributed by atoms with E-state index in [0.717, 1.165) is 0 Å². The van der Waals surface area contributed by atoms with Crippen molar-refractivity contribution in [3.63, 3.8) is 0 Å². The van der Waals surface area contributed by atoms with Crippen molar-refractivity contribution in [2.24, 2.45) is 0 Å². The highest BCUT2D eigenvalue weighted by Crippen LogP contribution is 2.16. The number of carbonyl (C=O) groups excluding carboxylic acids is 3. The number of esters is 1. The van der Waals surface area contributed by atoms with E-state index in [1.807, 2.05) is 0 Å². The summed E-state index contributed by atoms with van der Waals surface area (Å²) >= 11 is 0. The summed E-state index contributed by atoms with van der Waals surface area (Å²) < 4.78 is 17.1. The number of nitrogens with one attached hydrogen (secondary N) is 2. The number of rotatable bonds is 5. The number of imide groups is 1. The first-order valence-electron chi connectivity index (χ1n) is 7.86. The van der Waals surface area contributed by atoms with E-state index in [2.05, 4.69) is 10.6 Å². The zero-order valence-electron chi connectivity index (χ0n) is 15.0. The monoisotopic (exact) mass is 368 g/mol. The van der Waals surface area contributed by atoms with Gasteiger partial charge in [0.05, 0.1) is 21.3 Å². The molecule has 1 aromatic rings. The number of ether oxygens (including phenoxy) is 1. The normalized spacial score (nSPS) is 13.5. The Bertz CT molecular complexity index is 682. The fourth-order valence-electron chi connectivity index (χ4n) is 1.85. The highest BCUT2D eigenvalue weighted by Gasteiger charge is 2.24. The number of benzene rings is 1. The molecule has 0 radical (unpaired) electrons. The third kappa shape index (κ3) is 6.66. The Balaban J connectivity index is 2.76. The van der Waals surface area contributed by atoms with E-state index in [1.165, 1.54) is 13.0 Å². The predicted octanol–water partition coefficient (Wildman–Crippen LogP) is 1.98.